The van der Waals surface area contributed by atoms with Crippen LogP contribution in [-0.2, 0) is 18.2 Å². The standard InChI is InChI=1S/C6H14O12P2/c7-1-2(8)4(10)6(18-20(14,15)16)5(3(1)9)17-19(11,12)13/h1-10H,(H2,11,12,13)(H2,14,15,16)/t1-,2+,3-,4-,5+,6+/m1/s1. The predicted molar refractivity (Wildman–Crippen MR) is 57.9 cm³/mol. The van der Waals surface area contributed by atoms with Gasteiger partial charge in [0.05, 0.1) is 0 Å². The summed E-state index contributed by atoms with van der Waals surface area (Å²) in [7, 11) is -10.5. The second-order valence-corrected chi connectivity index (χ2v) is 6.47. The summed E-state index contributed by atoms with van der Waals surface area (Å²) in [5.41, 5.74) is 0. The van der Waals surface area contributed by atoms with E-state index in [4.69, 9.17) is 19.6 Å². The molecule has 1 aliphatic carbocycles. The number of hydrogen-bond acceptors (Lipinski definition) is 8. The van der Waals surface area contributed by atoms with Gasteiger partial charge in [0.1, 0.15) is 36.6 Å². The van der Waals surface area contributed by atoms with E-state index in [1.807, 2.05) is 0 Å². The Bertz CT molecular complexity index is 388. The van der Waals surface area contributed by atoms with E-state index in [1.54, 1.807) is 0 Å². The fraction of sp³-hybridized carbons (Fsp3) is 1.00. The van der Waals surface area contributed by atoms with E-state index in [2.05, 4.69) is 9.05 Å². The van der Waals surface area contributed by atoms with Gasteiger partial charge >= 0.3 is 15.6 Å². The summed E-state index contributed by atoms with van der Waals surface area (Å²) in [6, 6.07) is 0. The molecule has 6 atom stereocenters. The molecule has 12 nitrogen and oxygen atoms in total. The highest BCUT2D eigenvalue weighted by molar-refractivity contribution is 7.46. The highest BCUT2D eigenvalue weighted by atomic mass is 31.2. The Morgan fingerprint density at radius 2 is 0.850 bits per heavy atom. The van der Waals surface area contributed by atoms with Gasteiger partial charge < -0.3 is 40.0 Å². The predicted octanol–water partition coefficient (Wildman–Crippen LogP) is -3.60. The molecular weight excluding hydrogens is 326 g/mol. The van der Waals surface area contributed by atoms with E-state index in [0.717, 1.165) is 0 Å². The van der Waals surface area contributed by atoms with Crippen LogP contribution in [0.3, 0.4) is 0 Å². The first-order chi connectivity index (χ1) is 8.83. The summed E-state index contributed by atoms with van der Waals surface area (Å²) in [5.74, 6) is 0. The number of aliphatic hydroxyl groups excluding tert-OH is 4. The lowest BCUT2D eigenvalue weighted by Crippen LogP contribution is -2.64. The van der Waals surface area contributed by atoms with Gasteiger partial charge in [0, 0.05) is 0 Å². The van der Waals surface area contributed by atoms with Gasteiger partial charge in [0.25, 0.3) is 0 Å². The molecule has 1 aliphatic rings. The zero-order valence-electron chi connectivity index (χ0n) is 9.57. The van der Waals surface area contributed by atoms with Crippen LogP contribution in [0.5, 0.6) is 0 Å². The molecule has 0 radical (unpaired) electrons. The smallest absolute Gasteiger partial charge is 0.387 e. The molecule has 0 aromatic rings. The van der Waals surface area contributed by atoms with E-state index in [9.17, 15) is 29.6 Å². The Morgan fingerprint density at radius 1 is 0.600 bits per heavy atom. The number of phosphoric acid groups is 2. The lowest BCUT2D eigenvalue weighted by molar-refractivity contribution is -0.216. The molecule has 1 fully saturated rings. The molecule has 0 saturated heterocycles. The second-order valence-electron chi connectivity index (χ2n) is 4.08. The van der Waals surface area contributed by atoms with Gasteiger partial charge in [-0.2, -0.15) is 0 Å². The van der Waals surface area contributed by atoms with Gasteiger partial charge in [-0.3, -0.25) is 9.05 Å². The topological polar surface area (TPSA) is 214 Å². The molecule has 14 heteroatoms. The first-order valence-corrected chi connectivity index (χ1v) is 8.10. The minimum Gasteiger partial charge on any atom is -0.387 e. The third-order valence-electron chi connectivity index (χ3n) is 2.56. The van der Waals surface area contributed by atoms with E-state index >= 15 is 0 Å². The van der Waals surface area contributed by atoms with Crippen molar-refractivity contribution >= 4 is 15.6 Å². The lowest BCUT2D eigenvalue weighted by Gasteiger charge is -2.42. The Morgan fingerprint density at radius 3 is 1.05 bits per heavy atom. The van der Waals surface area contributed by atoms with Crippen LogP contribution in [0.4, 0.5) is 0 Å². The largest absolute Gasteiger partial charge is 0.470 e. The molecule has 0 spiro atoms. The number of phosphoric ester groups is 2. The molecule has 20 heavy (non-hydrogen) atoms. The Labute approximate surface area is 111 Å². The van der Waals surface area contributed by atoms with Crippen LogP contribution >= 0.6 is 15.6 Å². The van der Waals surface area contributed by atoms with Gasteiger partial charge in [-0.1, -0.05) is 0 Å². The van der Waals surface area contributed by atoms with Crippen LogP contribution in [0, 0.1) is 0 Å². The minimum absolute atomic E-state index is 2.07. The van der Waals surface area contributed by atoms with Crippen LogP contribution < -0.4 is 0 Å². The van der Waals surface area contributed by atoms with Crippen molar-refractivity contribution < 1.29 is 58.2 Å². The maximum absolute atomic E-state index is 10.7. The van der Waals surface area contributed by atoms with Crippen molar-refractivity contribution in [3.63, 3.8) is 0 Å². The van der Waals surface area contributed by atoms with Crippen molar-refractivity contribution in [2.75, 3.05) is 0 Å². The third-order valence-corrected chi connectivity index (χ3v) is 3.60. The first-order valence-electron chi connectivity index (χ1n) is 5.03. The van der Waals surface area contributed by atoms with Crippen LogP contribution in [0.15, 0.2) is 0 Å². The van der Waals surface area contributed by atoms with Crippen LogP contribution in [0.1, 0.15) is 0 Å². The zero-order valence-corrected chi connectivity index (χ0v) is 11.4. The van der Waals surface area contributed by atoms with Crippen molar-refractivity contribution in [2.45, 2.75) is 36.6 Å². The molecule has 1 rings (SSSR count). The van der Waals surface area contributed by atoms with E-state index in [1.165, 1.54) is 0 Å². The molecule has 1 saturated carbocycles. The molecule has 0 bridgehead atoms. The van der Waals surface area contributed by atoms with E-state index in [-0.39, 0.29) is 0 Å². The molecular formula is C6H14O12P2. The monoisotopic (exact) mass is 340 g/mol. The van der Waals surface area contributed by atoms with Gasteiger partial charge in [-0.15, -0.1) is 0 Å². The molecule has 120 valence electrons. The van der Waals surface area contributed by atoms with Crippen LogP contribution in [0.2, 0.25) is 0 Å². The highest BCUT2D eigenvalue weighted by Crippen LogP contribution is 2.46. The normalized spacial score (nSPS) is 39.8. The summed E-state index contributed by atoms with van der Waals surface area (Å²) >= 11 is 0. The summed E-state index contributed by atoms with van der Waals surface area (Å²) in [5, 5.41) is 37.8. The van der Waals surface area contributed by atoms with E-state index < -0.39 is 52.3 Å². The third kappa shape index (κ3) is 4.53. The number of rotatable bonds is 4. The molecule has 0 amide bonds. The zero-order chi connectivity index (χ0) is 15.9. The summed E-state index contributed by atoms with van der Waals surface area (Å²) < 4.78 is 29.6. The Balaban J connectivity index is 3.09. The average Bonchev–Trinajstić information content (AvgIpc) is 2.25. The first kappa shape index (κ1) is 18.1. The lowest BCUT2D eigenvalue weighted by atomic mass is 9.85. The van der Waals surface area contributed by atoms with Crippen molar-refractivity contribution in [1.82, 2.24) is 0 Å². The van der Waals surface area contributed by atoms with Gasteiger partial charge in [0.15, 0.2) is 0 Å². The van der Waals surface area contributed by atoms with Crippen molar-refractivity contribution in [2.24, 2.45) is 0 Å². The maximum Gasteiger partial charge on any atom is 0.470 e. The molecule has 0 aromatic heterocycles. The van der Waals surface area contributed by atoms with Crippen molar-refractivity contribution in [3.05, 3.63) is 0 Å². The van der Waals surface area contributed by atoms with Crippen LogP contribution in [0.25, 0.3) is 0 Å². The van der Waals surface area contributed by atoms with Crippen molar-refractivity contribution in [1.29, 1.82) is 0 Å². The summed E-state index contributed by atoms with van der Waals surface area (Å²) in [6.07, 6.45) is -12.8. The number of aliphatic hydroxyl groups is 4. The quantitative estimate of drug-likeness (QED) is 0.233. The minimum atomic E-state index is -5.24. The highest BCUT2D eigenvalue weighted by Gasteiger charge is 2.53. The molecule has 0 unspecified atom stereocenters. The van der Waals surface area contributed by atoms with Gasteiger partial charge in [0.2, 0.25) is 0 Å². The number of hydrogen-bond donors (Lipinski definition) is 8. The average molecular weight is 340 g/mol. The molecule has 0 heterocycles. The Kier molecular flexibility index (Phi) is 5.48. The fourth-order valence-corrected chi connectivity index (χ4v) is 2.87. The van der Waals surface area contributed by atoms with Gasteiger partial charge in [-0.25, -0.2) is 9.13 Å². The SMILES string of the molecule is O=P(O)(O)O[C@H]1[C@H](O)[C@H](O)[C@H](O)[C@@H](O)[C@@H]1OP(=O)(O)O. The van der Waals surface area contributed by atoms with Crippen LogP contribution in [-0.4, -0.2) is 76.6 Å². The molecule has 8 N–H and O–H groups in total. The summed E-state index contributed by atoms with van der Waals surface area (Å²) in [6.45, 7) is 0. The molecule has 0 aliphatic heterocycles. The second kappa shape index (κ2) is 6.05. The Hall–Kier alpha value is 0.0600. The fourth-order valence-electron chi connectivity index (χ4n) is 1.74. The maximum atomic E-state index is 10.7. The van der Waals surface area contributed by atoms with Gasteiger partial charge in [-0.05, 0) is 0 Å². The van der Waals surface area contributed by atoms with E-state index in [0.29, 0.717) is 0 Å². The van der Waals surface area contributed by atoms with Crippen molar-refractivity contribution in [3.8, 4) is 0 Å². The molecule has 0 aromatic carbocycles. The summed E-state index contributed by atoms with van der Waals surface area (Å²) in [4.78, 5) is 34.6.